The van der Waals surface area contributed by atoms with Crippen LogP contribution in [0.2, 0.25) is 0 Å². The van der Waals surface area contributed by atoms with Crippen LogP contribution in [0, 0.1) is 0 Å². The topological polar surface area (TPSA) is 3.88 Å². The lowest BCUT2D eigenvalue weighted by atomic mass is 10.2. The number of pyridine rings is 1. The first-order chi connectivity index (χ1) is 7.24. The van der Waals surface area contributed by atoms with Gasteiger partial charge in [-0.2, -0.15) is 4.57 Å². The first kappa shape index (κ1) is 10.6. The van der Waals surface area contributed by atoms with E-state index in [9.17, 15) is 0 Å². The molecule has 0 aliphatic heterocycles. The third-order valence-electron chi connectivity index (χ3n) is 2.10. The van der Waals surface area contributed by atoms with Crippen molar-refractivity contribution in [1.82, 2.24) is 0 Å². The Kier molecular flexibility index (Phi) is 3.34. The van der Waals surface area contributed by atoms with E-state index in [0.29, 0.717) is 0 Å². The molecule has 0 saturated carbocycles. The molecular weight excluding hydrogens is 222 g/mol. The van der Waals surface area contributed by atoms with Crippen molar-refractivity contribution in [2.75, 3.05) is 0 Å². The van der Waals surface area contributed by atoms with Crippen LogP contribution < -0.4 is 4.57 Å². The molecule has 0 saturated heterocycles. The summed E-state index contributed by atoms with van der Waals surface area (Å²) in [6, 6.07) is 12.2. The number of hydrogen-bond acceptors (Lipinski definition) is 2. The molecule has 2 rings (SSSR count). The van der Waals surface area contributed by atoms with Gasteiger partial charge in [0, 0.05) is 5.56 Å². The molecule has 0 atom stereocenters. The highest BCUT2D eigenvalue weighted by atomic mass is 32.1. The van der Waals surface area contributed by atoms with E-state index in [1.807, 2.05) is 36.7 Å². The lowest BCUT2D eigenvalue weighted by Gasteiger charge is -1.99. The number of thiol groups is 2. The smallest absolute Gasteiger partial charge is 0.182 e. The summed E-state index contributed by atoms with van der Waals surface area (Å²) >= 11 is 8.64. The van der Waals surface area contributed by atoms with Crippen LogP contribution in [0.3, 0.4) is 0 Å². The quantitative estimate of drug-likeness (QED) is 0.581. The molecule has 2 aromatic rings. The van der Waals surface area contributed by atoms with Crippen molar-refractivity contribution >= 4 is 25.3 Å². The standard InChI is InChI=1S/C12H11NS2/c14-11-6-12(15)9-13(8-11)7-10-4-2-1-3-5-10/h1-6,8-9H,7H2,(H-,14,15)/p+1. The van der Waals surface area contributed by atoms with E-state index in [1.165, 1.54) is 5.56 Å². The van der Waals surface area contributed by atoms with Gasteiger partial charge in [0.25, 0.3) is 0 Å². The highest BCUT2D eigenvalue weighted by Gasteiger charge is 2.04. The summed E-state index contributed by atoms with van der Waals surface area (Å²) in [5.41, 5.74) is 1.27. The van der Waals surface area contributed by atoms with E-state index in [2.05, 4.69) is 42.0 Å². The van der Waals surface area contributed by atoms with Gasteiger partial charge in [-0.25, -0.2) is 0 Å². The van der Waals surface area contributed by atoms with Gasteiger partial charge in [-0.1, -0.05) is 30.3 Å². The third-order valence-corrected chi connectivity index (χ3v) is 2.59. The first-order valence-corrected chi connectivity index (χ1v) is 5.59. The molecule has 0 N–H and O–H groups in total. The lowest BCUT2D eigenvalue weighted by molar-refractivity contribution is -0.692. The molecule has 1 aromatic heterocycles. The van der Waals surface area contributed by atoms with Crippen molar-refractivity contribution in [3.63, 3.8) is 0 Å². The molecule has 1 nitrogen and oxygen atoms in total. The van der Waals surface area contributed by atoms with Gasteiger partial charge in [-0.3, -0.25) is 0 Å². The molecule has 0 aliphatic carbocycles. The molecule has 3 heteroatoms. The molecule has 0 bridgehead atoms. The second kappa shape index (κ2) is 4.73. The van der Waals surface area contributed by atoms with Crippen LogP contribution in [0.4, 0.5) is 0 Å². The van der Waals surface area contributed by atoms with Crippen molar-refractivity contribution in [2.45, 2.75) is 16.3 Å². The molecule has 0 fully saturated rings. The van der Waals surface area contributed by atoms with Gasteiger partial charge in [0.2, 0.25) is 0 Å². The number of benzene rings is 1. The summed E-state index contributed by atoms with van der Waals surface area (Å²) in [4.78, 5) is 1.86. The maximum atomic E-state index is 4.32. The Morgan fingerprint density at radius 2 is 1.53 bits per heavy atom. The zero-order chi connectivity index (χ0) is 10.7. The highest BCUT2D eigenvalue weighted by molar-refractivity contribution is 7.81. The van der Waals surface area contributed by atoms with Crippen molar-refractivity contribution in [3.8, 4) is 0 Å². The molecule has 0 unspecified atom stereocenters. The minimum absolute atomic E-state index is 0.850. The van der Waals surface area contributed by atoms with Crippen molar-refractivity contribution in [2.24, 2.45) is 0 Å². The van der Waals surface area contributed by atoms with Crippen molar-refractivity contribution in [3.05, 3.63) is 54.4 Å². The third kappa shape index (κ3) is 3.01. The van der Waals surface area contributed by atoms with Gasteiger partial charge < -0.3 is 0 Å². The molecule has 0 amide bonds. The van der Waals surface area contributed by atoms with Crippen molar-refractivity contribution < 1.29 is 4.57 Å². The molecule has 76 valence electrons. The summed E-state index contributed by atoms with van der Waals surface area (Å²) in [7, 11) is 0. The number of aromatic nitrogens is 1. The van der Waals surface area contributed by atoms with Crippen LogP contribution in [-0.2, 0) is 6.54 Å². The summed E-state index contributed by atoms with van der Waals surface area (Å²) in [5.74, 6) is 0. The fourth-order valence-electron chi connectivity index (χ4n) is 1.49. The second-order valence-corrected chi connectivity index (χ2v) is 4.44. The maximum absolute atomic E-state index is 4.32. The van der Waals surface area contributed by atoms with Crippen LogP contribution >= 0.6 is 25.3 Å². The van der Waals surface area contributed by atoms with E-state index >= 15 is 0 Å². The molecule has 0 radical (unpaired) electrons. The lowest BCUT2D eigenvalue weighted by Crippen LogP contribution is -2.33. The average Bonchev–Trinajstić information content (AvgIpc) is 2.17. The van der Waals surface area contributed by atoms with Gasteiger partial charge in [-0.05, 0) is 6.07 Å². The van der Waals surface area contributed by atoms with Gasteiger partial charge in [0.15, 0.2) is 18.9 Å². The fourth-order valence-corrected chi connectivity index (χ4v) is 2.17. The molecular formula is C12H12NS2+. The van der Waals surface area contributed by atoms with Gasteiger partial charge >= 0.3 is 0 Å². The van der Waals surface area contributed by atoms with E-state index in [-0.39, 0.29) is 0 Å². The van der Waals surface area contributed by atoms with Crippen LogP contribution in [0.25, 0.3) is 0 Å². The Balaban J connectivity index is 2.25. The Morgan fingerprint density at radius 3 is 2.13 bits per heavy atom. The van der Waals surface area contributed by atoms with Gasteiger partial charge in [0.1, 0.15) is 0 Å². The SMILES string of the molecule is Sc1cc(S)c[n+](Cc2ccccc2)c1. The largest absolute Gasteiger partial charge is 0.199 e. The molecule has 1 heterocycles. The Morgan fingerprint density at radius 1 is 0.933 bits per heavy atom. The van der Waals surface area contributed by atoms with E-state index < -0.39 is 0 Å². The van der Waals surface area contributed by atoms with E-state index in [4.69, 9.17) is 0 Å². The molecule has 0 spiro atoms. The summed E-state index contributed by atoms with van der Waals surface area (Å²) in [6.07, 6.45) is 3.99. The highest BCUT2D eigenvalue weighted by Crippen LogP contribution is 2.09. The van der Waals surface area contributed by atoms with E-state index in [1.54, 1.807) is 0 Å². The minimum Gasteiger partial charge on any atom is -0.199 e. The number of rotatable bonds is 2. The normalized spacial score (nSPS) is 10.3. The summed E-state index contributed by atoms with van der Waals surface area (Å²) in [6.45, 7) is 0.850. The average molecular weight is 234 g/mol. The predicted molar refractivity (Wildman–Crippen MR) is 66.7 cm³/mol. The van der Waals surface area contributed by atoms with Crippen LogP contribution in [0.1, 0.15) is 5.56 Å². The minimum atomic E-state index is 0.850. The van der Waals surface area contributed by atoms with Gasteiger partial charge in [-0.15, -0.1) is 25.3 Å². The van der Waals surface area contributed by atoms with Crippen LogP contribution in [0.15, 0.2) is 58.6 Å². The maximum Gasteiger partial charge on any atom is 0.182 e. The predicted octanol–water partition coefficient (Wildman–Crippen LogP) is 2.60. The van der Waals surface area contributed by atoms with Crippen LogP contribution in [0.5, 0.6) is 0 Å². The Labute approximate surface area is 101 Å². The molecule has 15 heavy (non-hydrogen) atoms. The Bertz CT molecular complexity index is 434. The number of hydrogen-bond donors (Lipinski definition) is 2. The fraction of sp³-hybridized carbons (Fsp3) is 0.0833. The Hall–Kier alpha value is -0.930. The monoisotopic (exact) mass is 234 g/mol. The van der Waals surface area contributed by atoms with Crippen LogP contribution in [-0.4, -0.2) is 0 Å². The second-order valence-electron chi connectivity index (χ2n) is 3.41. The van der Waals surface area contributed by atoms with Crippen molar-refractivity contribution in [1.29, 1.82) is 0 Å². The molecule has 1 aromatic carbocycles. The zero-order valence-corrected chi connectivity index (χ0v) is 9.96. The molecule has 0 aliphatic rings. The first-order valence-electron chi connectivity index (χ1n) is 4.70. The summed E-state index contributed by atoms with van der Waals surface area (Å²) in [5, 5.41) is 0. The zero-order valence-electron chi connectivity index (χ0n) is 8.17. The summed E-state index contributed by atoms with van der Waals surface area (Å²) < 4.78 is 2.08. The van der Waals surface area contributed by atoms with Gasteiger partial charge in [0.05, 0.1) is 9.79 Å². The van der Waals surface area contributed by atoms with E-state index in [0.717, 1.165) is 16.3 Å². The number of nitrogens with zero attached hydrogens (tertiary/aromatic N) is 1.